The SMILES string of the molecule is C[C@@H]1CN(C(=O)[C@@H]2CN(Cc3ccccc3)C[C@H]2c2ccc(Cl)cn2)C[C@H](C)[C@]1(O)c1ccc(F)cc1. The number of benzene rings is 2. The fourth-order valence-electron chi connectivity index (χ4n) is 6.21. The van der Waals surface area contributed by atoms with Gasteiger partial charge < -0.3 is 10.0 Å². The zero-order valence-corrected chi connectivity index (χ0v) is 22.0. The number of aliphatic hydroxyl groups is 1. The molecular weight excluding hydrogens is 489 g/mol. The third-order valence-electron chi connectivity index (χ3n) is 8.20. The molecule has 0 bridgehead atoms. The molecule has 1 aromatic heterocycles. The summed E-state index contributed by atoms with van der Waals surface area (Å²) in [4.78, 5) is 22.9. The number of hydrogen-bond acceptors (Lipinski definition) is 4. The predicted molar refractivity (Wildman–Crippen MR) is 142 cm³/mol. The van der Waals surface area contributed by atoms with Crippen LogP contribution in [0.25, 0.3) is 0 Å². The summed E-state index contributed by atoms with van der Waals surface area (Å²) in [5.41, 5.74) is 1.65. The molecule has 2 saturated heterocycles. The number of likely N-dealkylation sites (tertiary alicyclic amines) is 2. The van der Waals surface area contributed by atoms with Gasteiger partial charge in [-0.3, -0.25) is 14.7 Å². The van der Waals surface area contributed by atoms with E-state index in [4.69, 9.17) is 11.6 Å². The second-order valence-electron chi connectivity index (χ2n) is 10.7. The molecule has 37 heavy (non-hydrogen) atoms. The van der Waals surface area contributed by atoms with Gasteiger partial charge in [-0.25, -0.2) is 4.39 Å². The van der Waals surface area contributed by atoms with Crippen molar-refractivity contribution >= 4 is 17.5 Å². The summed E-state index contributed by atoms with van der Waals surface area (Å²) in [5, 5.41) is 12.3. The van der Waals surface area contributed by atoms with E-state index in [9.17, 15) is 14.3 Å². The molecule has 1 N–H and O–H groups in total. The van der Waals surface area contributed by atoms with E-state index < -0.39 is 5.60 Å². The van der Waals surface area contributed by atoms with Gasteiger partial charge in [-0.05, 0) is 35.4 Å². The van der Waals surface area contributed by atoms with Crippen LogP contribution in [0.15, 0.2) is 72.9 Å². The average Bonchev–Trinajstić information content (AvgIpc) is 3.31. The number of amides is 1. The lowest BCUT2D eigenvalue weighted by atomic mass is 9.70. The van der Waals surface area contributed by atoms with E-state index in [1.807, 2.05) is 49.1 Å². The van der Waals surface area contributed by atoms with Crippen LogP contribution in [0.4, 0.5) is 4.39 Å². The molecule has 2 aliphatic rings. The Hall–Kier alpha value is -2.80. The summed E-state index contributed by atoms with van der Waals surface area (Å²) >= 11 is 6.10. The molecule has 5 nitrogen and oxygen atoms in total. The van der Waals surface area contributed by atoms with Crippen molar-refractivity contribution in [2.24, 2.45) is 17.8 Å². The van der Waals surface area contributed by atoms with Crippen molar-refractivity contribution in [3.63, 3.8) is 0 Å². The maximum Gasteiger partial charge on any atom is 0.227 e. The zero-order chi connectivity index (χ0) is 26.2. The zero-order valence-electron chi connectivity index (χ0n) is 21.2. The summed E-state index contributed by atoms with van der Waals surface area (Å²) in [6.07, 6.45) is 1.64. The first-order valence-corrected chi connectivity index (χ1v) is 13.3. The molecule has 3 heterocycles. The third-order valence-corrected chi connectivity index (χ3v) is 8.42. The third kappa shape index (κ3) is 5.15. The largest absolute Gasteiger partial charge is 0.384 e. The minimum absolute atomic E-state index is 0.0444. The Morgan fingerprint density at radius 2 is 1.68 bits per heavy atom. The fraction of sp³-hybridized carbons (Fsp3) is 0.400. The predicted octanol–water partition coefficient (Wildman–Crippen LogP) is 5.09. The molecule has 3 aromatic rings. The van der Waals surface area contributed by atoms with E-state index in [2.05, 4.69) is 22.0 Å². The lowest BCUT2D eigenvalue weighted by Gasteiger charge is -2.48. The number of rotatable bonds is 5. The van der Waals surface area contributed by atoms with E-state index in [0.717, 1.165) is 18.8 Å². The van der Waals surface area contributed by atoms with Gasteiger partial charge >= 0.3 is 0 Å². The van der Waals surface area contributed by atoms with Crippen molar-refractivity contribution < 1.29 is 14.3 Å². The molecule has 5 atom stereocenters. The fourth-order valence-corrected chi connectivity index (χ4v) is 6.32. The summed E-state index contributed by atoms with van der Waals surface area (Å²) < 4.78 is 13.5. The second kappa shape index (κ2) is 10.5. The quantitative estimate of drug-likeness (QED) is 0.508. The van der Waals surface area contributed by atoms with E-state index in [0.29, 0.717) is 30.2 Å². The van der Waals surface area contributed by atoms with Crippen LogP contribution in [0, 0.1) is 23.6 Å². The normalized spacial score (nSPS) is 28.4. The van der Waals surface area contributed by atoms with E-state index >= 15 is 0 Å². The van der Waals surface area contributed by atoms with E-state index in [1.54, 1.807) is 18.3 Å². The van der Waals surface area contributed by atoms with Crippen LogP contribution in [0.3, 0.4) is 0 Å². The average molecular weight is 522 g/mol. The highest BCUT2D eigenvalue weighted by molar-refractivity contribution is 6.30. The van der Waals surface area contributed by atoms with Crippen molar-refractivity contribution in [3.05, 3.63) is 101 Å². The van der Waals surface area contributed by atoms with Crippen LogP contribution in [0.1, 0.15) is 36.6 Å². The molecule has 2 aliphatic heterocycles. The van der Waals surface area contributed by atoms with Gasteiger partial charge in [0.25, 0.3) is 0 Å². The molecule has 7 heteroatoms. The molecule has 1 amide bonds. The van der Waals surface area contributed by atoms with Crippen LogP contribution >= 0.6 is 11.6 Å². The van der Waals surface area contributed by atoms with Crippen molar-refractivity contribution in [2.45, 2.75) is 31.9 Å². The molecule has 0 unspecified atom stereocenters. The molecule has 0 radical (unpaired) electrons. The van der Waals surface area contributed by atoms with Gasteiger partial charge in [0.1, 0.15) is 5.82 Å². The first kappa shape index (κ1) is 25.8. The van der Waals surface area contributed by atoms with Gasteiger partial charge in [0.05, 0.1) is 16.5 Å². The second-order valence-corrected chi connectivity index (χ2v) is 11.1. The van der Waals surface area contributed by atoms with Gasteiger partial charge in [0, 0.05) is 62.4 Å². The van der Waals surface area contributed by atoms with Crippen LogP contribution in [-0.2, 0) is 16.9 Å². The topological polar surface area (TPSA) is 56.7 Å². The van der Waals surface area contributed by atoms with Crippen molar-refractivity contribution in [3.8, 4) is 0 Å². The minimum atomic E-state index is -1.13. The number of halogens is 2. The Morgan fingerprint density at radius 1 is 1.00 bits per heavy atom. The smallest absolute Gasteiger partial charge is 0.227 e. The molecular formula is C30H33ClFN3O2. The summed E-state index contributed by atoms with van der Waals surface area (Å²) in [5.74, 6) is -0.939. The number of piperidine rings is 1. The first-order chi connectivity index (χ1) is 17.8. The number of hydrogen-bond donors (Lipinski definition) is 1. The standard InChI is InChI=1S/C30H33ClFN3O2/c1-20-15-35(16-21(2)30(20,37)23-8-11-25(32)12-9-23)29(36)27-19-34(17-22-6-4-3-5-7-22)18-26(27)28-13-10-24(31)14-33-28/h3-14,20-21,26-27,37H,15-19H2,1-2H3/t20-,21+,26-,27-,30+/m1/s1. The lowest BCUT2D eigenvalue weighted by molar-refractivity contribution is -0.152. The molecule has 0 saturated carbocycles. The monoisotopic (exact) mass is 521 g/mol. The van der Waals surface area contributed by atoms with Crippen molar-refractivity contribution in [1.29, 1.82) is 0 Å². The van der Waals surface area contributed by atoms with Crippen LogP contribution in [0.5, 0.6) is 0 Å². The molecule has 0 spiro atoms. The first-order valence-electron chi connectivity index (χ1n) is 12.9. The lowest BCUT2D eigenvalue weighted by Crippen LogP contribution is -2.57. The highest BCUT2D eigenvalue weighted by Crippen LogP contribution is 2.43. The van der Waals surface area contributed by atoms with Crippen molar-refractivity contribution in [2.75, 3.05) is 26.2 Å². The summed E-state index contributed by atoms with van der Waals surface area (Å²) in [7, 11) is 0. The Balaban J connectivity index is 1.37. The number of pyridine rings is 1. The summed E-state index contributed by atoms with van der Waals surface area (Å²) in [6, 6.07) is 20.1. The Kier molecular flexibility index (Phi) is 7.35. The van der Waals surface area contributed by atoms with Crippen LogP contribution in [0.2, 0.25) is 5.02 Å². The Morgan fingerprint density at radius 3 is 2.30 bits per heavy atom. The maximum atomic E-state index is 14.0. The Labute approximate surface area is 222 Å². The van der Waals surface area contributed by atoms with Gasteiger partial charge in [0.2, 0.25) is 5.91 Å². The van der Waals surface area contributed by atoms with Gasteiger partial charge in [-0.15, -0.1) is 0 Å². The highest BCUT2D eigenvalue weighted by Gasteiger charge is 2.49. The number of aromatic nitrogens is 1. The van der Waals surface area contributed by atoms with Gasteiger partial charge in [-0.2, -0.15) is 0 Å². The molecule has 0 aliphatic carbocycles. The molecule has 5 rings (SSSR count). The molecule has 194 valence electrons. The number of carbonyl (C=O) groups is 1. The molecule has 2 fully saturated rings. The van der Waals surface area contributed by atoms with Gasteiger partial charge in [-0.1, -0.05) is 67.9 Å². The van der Waals surface area contributed by atoms with E-state index in [1.165, 1.54) is 17.7 Å². The number of nitrogens with zero attached hydrogens (tertiary/aromatic N) is 3. The number of carbonyl (C=O) groups excluding carboxylic acids is 1. The highest BCUT2D eigenvalue weighted by atomic mass is 35.5. The molecule has 2 aromatic carbocycles. The van der Waals surface area contributed by atoms with E-state index in [-0.39, 0.29) is 35.4 Å². The maximum absolute atomic E-state index is 14.0. The van der Waals surface area contributed by atoms with Gasteiger partial charge in [0.15, 0.2) is 0 Å². The van der Waals surface area contributed by atoms with Crippen LogP contribution < -0.4 is 0 Å². The summed E-state index contributed by atoms with van der Waals surface area (Å²) in [6.45, 7) is 6.95. The van der Waals surface area contributed by atoms with Crippen LogP contribution in [-0.4, -0.2) is 52.0 Å². The minimum Gasteiger partial charge on any atom is -0.384 e. The van der Waals surface area contributed by atoms with Crippen molar-refractivity contribution in [1.82, 2.24) is 14.8 Å². The Bertz CT molecular complexity index is 1210.